The standard InChI is InChI=1S/C20H21F3N4O3/c1-30-19(29)14-4-2-3-13(9-14)17-24-10-15(11-25-17)18(28)26-16-5-7-27(8-6-16)12-20(21,22)23/h2-4,9-11,16H,5-8,12H2,1H3,(H,26,28). The van der Waals surface area contributed by atoms with Crippen LogP contribution in [0.5, 0.6) is 0 Å². The summed E-state index contributed by atoms with van der Waals surface area (Å²) in [6, 6.07) is 6.41. The number of likely N-dealkylation sites (tertiary alicyclic amines) is 1. The van der Waals surface area contributed by atoms with Crippen molar-refractivity contribution in [2.75, 3.05) is 26.7 Å². The number of carbonyl (C=O) groups is 2. The van der Waals surface area contributed by atoms with Gasteiger partial charge in [-0.25, -0.2) is 14.8 Å². The zero-order chi connectivity index (χ0) is 21.7. The van der Waals surface area contributed by atoms with E-state index in [0.29, 0.717) is 29.8 Å². The number of esters is 1. The van der Waals surface area contributed by atoms with Crippen LogP contribution in [0, 0.1) is 0 Å². The van der Waals surface area contributed by atoms with Gasteiger partial charge in [-0.15, -0.1) is 0 Å². The second kappa shape index (κ2) is 9.21. The third kappa shape index (κ3) is 5.76. The summed E-state index contributed by atoms with van der Waals surface area (Å²) in [5.74, 6) is -0.508. The van der Waals surface area contributed by atoms with Crippen molar-refractivity contribution < 1.29 is 27.5 Å². The van der Waals surface area contributed by atoms with Gasteiger partial charge < -0.3 is 10.1 Å². The Labute approximate surface area is 171 Å². The number of piperidine rings is 1. The predicted molar refractivity (Wildman–Crippen MR) is 102 cm³/mol. The lowest BCUT2D eigenvalue weighted by Crippen LogP contribution is -2.47. The minimum Gasteiger partial charge on any atom is -0.465 e. The van der Waals surface area contributed by atoms with Crippen LogP contribution in [0.1, 0.15) is 33.6 Å². The lowest BCUT2D eigenvalue weighted by molar-refractivity contribution is -0.148. The number of ether oxygens (including phenoxy) is 1. The highest BCUT2D eigenvalue weighted by Crippen LogP contribution is 2.20. The maximum atomic E-state index is 12.5. The average Bonchev–Trinajstić information content (AvgIpc) is 2.73. The molecule has 10 heteroatoms. The number of aromatic nitrogens is 2. The molecule has 3 rings (SSSR count). The highest BCUT2D eigenvalue weighted by molar-refractivity contribution is 5.94. The van der Waals surface area contributed by atoms with Crippen LogP contribution in [0.2, 0.25) is 0 Å². The first-order valence-electron chi connectivity index (χ1n) is 9.36. The van der Waals surface area contributed by atoms with Gasteiger partial charge in [-0.2, -0.15) is 13.2 Å². The molecule has 7 nitrogen and oxygen atoms in total. The molecule has 0 saturated carbocycles. The van der Waals surface area contributed by atoms with Gasteiger partial charge in [0.25, 0.3) is 5.91 Å². The summed E-state index contributed by atoms with van der Waals surface area (Å²) in [4.78, 5) is 33.8. The summed E-state index contributed by atoms with van der Waals surface area (Å²) >= 11 is 0. The molecule has 1 aromatic heterocycles. The maximum Gasteiger partial charge on any atom is 0.401 e. The van der Waals surface area contributed by atoms with Gasteiger partial charge in [-0.3, -0.25) is 9.69 Å². The van der Waals surface area contributed by atoms with E-state index in [0.717, 1.165) is 0 Å². The summed E-state index contributed by atoms with van der Waals surface area (Å²) in [5.41, 5.74) is 1.21. The number of rotatable bonds is 5. The van der Waals surface area contributed by atoms with E-state index in [1.165, 1.54) is 24.4 Å². The van der Waals surface area contributed by atoms with Crippen molar-refractivity contribution in [2.45, 2.75) is 25.1 Å². The molecule has 0 aliphatic carbocycles. The number of alkyl halides is 3. The van der Waals surface area contributed by atoms with Crippen molar-refractivity contribution in [1.29, 1.82) is 0 Å². The Morgan fingerprint density at radius 2 is 1.83 bits per heavy atom. The van der Waals surface area contributed by atoms with Gasteiger partial charge >= 0.3 is 12.1 Å². The van der Waals surface area contributed by atoms with E-state index in [4.69, 9.17) is 0 Å². The smallest absolute Gasteiger partial charge is 0.401 e. The normalized spacial score (nSPS) is 15.6. The molecule has 1 aromatic carbocycles. The van der Waals surface area contributed by atoms with Crippen LogP contribution < -0.4 is 5.32 Å². The molecule has 0 atom stereocenters. The summed E-state index contributed by atoms with van der Waals surface area (Å²) in [5, 5.41) is 2.82. The maximum absolute atomic E-state index is 12.5. The number of halogens is 3. The first kappa shape index (κ1) is 21.7. The number of hydrogen-bond donors (Lipinski definition) is 1. The minimum absolute atomic E-state index is 0.196. The van der Waals surface area contributed by atoms with Crippen LogP contribution in [0.3, 0.4) is 0 Å². The van der Waals surface area contributed by atoms with E-state index in [1.807, 2.05) is 0 Å². The van der Waals surface area contributed by atoms with Crippen molar-refractivity contribution in [3.8, 4) is 11.4 Å². The number of nitrogens with one attached hydrogen (secondary N) is 1. The fourth-order valence-corrected chi connectivity index (χ4v) is 3.26. The van der Waals surface area contributed by atoms with Gasteiger partial charge in [0.2, 0.25) is 0 Å². The van der Waals surface area contributed by atoms with Gasteiger partial charge in [-0.1, -0.05) is 12.1 Å². The highest BCUT2D eigenvalue weighted by Gasteiger charge is 2.32. The molecule has 160 valence electrons. The van der Waals surface area contributed by atoms with Crippen molar-refractivity contribution in [3.05, 3.63) is 47.8 Å². The first-order chi connectivity index (χ1) is 14.2. The van der Waals surface area contributed by atoms with Gasteiger partial charge in [-0.05, 0) is 25.0 Å². The molecule has 1 saturated heterocycles. The van der Waals surface area contributed by atoms with Gasteiger partial charge in [0.1, 0.15) is 0 Å². The zero-order valence-corrected chi connectivity index (χ0v) is 16.3. The van der Waals surface area contributed by atoms with Crippen molar-refractivity contribution in [2.24, 2.45) is 0 Å². The van der Waals surface area contributed by atoms with Crippen molar-refractivity contribution in [1.82, 2.24) is 20.2 Å². The van der Waals surface area contributed by atoms with Crippen LogP contribution >= 0.6 is 0 Å². The van der Waals surface area contributed by atoms with E-state index in [1.54, 1.807) is 24.3 Å². The molecule has 30 heavy (non-hydrogen) atoms. The third-order valence-electron chi connectivity index (χ3n) is 4.78. The van der Waals surface area contributed by atoms with Gasteiger partial charge in [0.15, 0.2) is 5.82 Å². The summed E-state index contributed by atoms with van der Waals surface area (Å²) < 4.78 is 42.1. The first-order valence-corrected chi connectivity index (χ1v) is 9.36. The summed E-state index contributed by atoms with van der Waals surface area (Å²) in [6.07, 6.45) is -0.573. The molecule has 0 unspecified atom stereocenters. The Balaban J connectivity index is 1.58. The molecule has 1 aliphatic heterocycles. The number of benzene rings is 1. The minimum atomic E-state index is -4.22. The Morgan fingerprint density at radius 3 is 2.43 bits per heavy atom. The SMILES string of the molecule is COC(=O)c1cccc(-c2ncc(C(=O)NC3CCN(CC(F)(F)F)CC3)cn2)c1. The number of hydrogen-bond acceptors (Lipinski definition) is 6. The van der Waals surface area contributed by atoms with Crippen LogP contribution in [0.4, 0.5) is 13.2 Å². The number of methoxy groups -OCH3 is 1. The lowest BCUT2D eigenvalue weighted by Gasteiger charge is -2.32. The third-order valence-corrected chi connectivity index (χ3v) is 4.78. The van der Waals surface area contributed by atoms with E-state index < -0.39 is 18.7 Å². The average molecular weight is 422 g/mol. The van der Waals surface area contributed by atoms with Crippen LogP contribution in [-0.2, 0) is 4.74 Å². The molecule has 2 heterocycles. The Hall–Kier alpha value is -3.01. The molecule has 1 aliphatic rings. The van der Waals surface area contributed by atoms with E-state index in [-0.39, 0.29) is 30.6 Å². The Bertz CT molecular complexity index is 895. The molecule has 0 spiro atoms. The van der Waals surface area contributed by atoms with Crippen LogP contribution in [-0.4, -0.2) is 65.7 Å². The van der Waals surface area contributed by atoms with Crippen molar-refractivity contribution in [3.63, 3.8) is 0 Å². The van der Waals surface area contributed by atoms with Crippen molar-refractivity contribution >= 4 is 11.9 Å². The molecular weight excluding hydrogens is 401 g/mol. The second-order valence-corrected chi connectivity index (χ2v) is 7.01. The molecule has 2 aromatic rings. The summed E-state index contributed by atoms with van der Waals surface area (Å²) in [6.45, 7) is -0.382. The lowest BCUT2D eigenvalue weighted by atomic mass is 10.0. The quantitative estimate of drug-likeness (QED) is 0.746. The van der Waals surface area contributed by atoms with E-state index in [2.05, 4.69) is 20.0 Å². The zero-order valence-electron chi connectivity index (χ0n) is 16.3. The summed E-state index contributed by atoms with van der Waals surface area (Å²) in [7, 11) is 1.29. The Kier molecular flexibility index (Phi) is 6.66. The number of amides is 1. The van der Waals surface area contributed by atoms with E-state index >= 15 is 0 Å². The molecule has 1 N–H and O–H groups in total. The fraction of sp³-hybridized carbons (Fsp3) is 0.400. The molecule has 0 radical (unpaired) electrons. The van der Waals surface area contributed by atoms with E-state index in [9.17, 15) is 22.8 Å². The second-order valence-electron chi connectivity index (χ2n) is 7.01. The largest absolute Gasteiger partial charge is 0.465 e. The Morgan fingerprint density at radius 1 is 1.17 bits per heavy atom. The molecular formula is C20H21F3N4O3. The molecule has 0 bridgehead atoms. The monoisotopic (exact) mass is 422 g/mol. The van der Waals surface area contributed by atoms with Gasteiger partial charge in [0.05, 0.1) is 24.8 Å². The molecule has 1 amide bonds. The number of carbonyl (C=O) groups excluding carboxylic acids is 2. The van der Waals surface area contributed by atoms with Crippen LogP contribution in [0.25, 0.3) is 11.4 Å². The predicted octanol–water partition coefficient (Wildman–Crippen LogP) is 2.69. The number of nitrogens with zero attached hydrogens (tertiary/aromatic N) is 3. The fourth-order valence-electron chi connectivity index (χ4n) is 3.26. The molecule has 1 fully saturated rings. The highest BCUT2D eigenvalue weighted by atomic mass is 19.4. The van der Waals surface area contributed by atoms with Gasteiger partial charge in [0, 0.05) is 37.1 Å². The topological polar surface area (TPSA) is 84.4 Å². The van der Waals surface area contributed by atoms with Crippen LogP contribution in [0.15, 0.2) is 36.7 Å².